The van der Waals surface area contributed by atoms with E-state index in [0.717, 1.165) is 5.69 Å². The maximum Gasteiger partial charge on any atom is 0.261 e. The van der Waals surface area contributed by atoms with Crippen molar-refractivity contribution in [3.8, 4) is 0 Å². The summed E-state index contributed by atoms with van der Waals surface area (Å²) in [5.74, 6) is -0.112. The lowest BCUT2D eigenvalue weighted by molar-refractivity contribution is 0.0988. The van der Waals surface area contributed by atoms with Crippen LogP contribution in [0.3, 0.4) is 0 Å². The van der Waals surface area contributed by atoms with E-state index in [4.69, 9.17) is 5.73 Å². The third kappa shape index (κ3) is 2.13. The van der Waals surface area contributed by atoms with Gasteiger partial charge < -0.3 is 10.6 Å². The van der Waals surface area contributed by atoms with E-state index in [0.29, 0.717) is 17.8 Å². The molecule has 0 aliphatic heterocycles. The maximum atomic E-state index is 12.2. The van der Waals surface area contributed by atoms with E-state index in [1.54, 1.807) is 17.2 Å². The number of para-hydroxylation sites is 2. The molecule has 0 spiro atoms. The number of carbonyl (C=O) groups is 1. The summed E-state index contributed by atoms with van der Waals surface area (Å²) >= 11 is 0. The fourth-order valence-electron chi connectivity index (χ4n) is 1.68. The molecule has 0 aliphatic rings. The van der Waals surface area contributed by atoms with Crippen LogP contribution in [-0.4, -0.2) is 22.6 Å². The molecule has 0 atom stereocenters. The zero-order valence-electron chi connectivity index (χ0n) is 9.55. The van der Waals surface area contributed by atoms with E-state index in [1.165, 1.54) is 6.20 Å². The summed E-state index contributed by atoms with van der Waals surface area (Å²) in [6, 6.07) is 7.31. The second-order valence-corrected chi connectivity index (χ2v) is 3.60. The highest BCUT2D eigenvalue weighted by atomic mass is 16.2. The molecule has 0 saturated heterocycles. The molecule has 0 radical (unpaired) electrons. The van der Waals surface area contributed by atoms with Crippen molar-refractivity contribution < 1.29 is 4.79 Å². The van der Waals surface area contributed by atoms with Crippen LogP contribution in [0.25, 0.3) is 0 Å². The average molecular weight is 230 g/mol. The van der Waals surface area contributed by atoms with Crippen molar-refractivity contribution in [1.29, 1.82) is 0 Å². The number of anilines is 2. The molecule has 2 rings (SSSR count). The van der Waals surface area contributed by atoms with Gasteiger partial charge in [-0.25, -0.2) is 0 Å². The number of nitrogens with two attached hydrogens (primary N) is 1. The molecular formula is C12H14N4O. The Morgan fingerprint density at radius 3 is 2.82 bits per heavy atom. The number of nitrogens with zero attached hydrogens (tertiary/aromatic N) is 2. The molecule has 17 heavy (non-hydrogen) atoms. The lowest BCUT2D eigenvalue weighted by Crippen LogP contribution is -2.31. The number of hydrogen-bond donors (Lipinski definition) is 2. The predicted octanol–water partition coefficient (Wildman–Crippen LogP) is 1.66. The van der Waals surface area contributed by atoms with Gasteiger partial charge in [0.1, 0.15) is 0 Å². The van der Waals surface area contributed by atoms with E-state index >= 15 is 0 Å². The van der Waals surface area contributed by atoms with Gasteiger partial charge in [-0.1, -0.05) is 12.1 Å². The van der Waals surface area contributed by atoms with E-state index in [1.807, 2.05) is 25.1 Å². The summed E-state index contributed by atoms with van der Waals surface area (Å²) < 4.78 is 0. The number of rotatable bonds is 3. The Hall–Kier alpha value is -2.30. The Labute approximate surface area is 99.2 Å². The van der Waals surface area contributed by atoms with Crippen LogP contribution in [-0.2, 0) is 0 Å². The molecule has 1 aromatic heterocycles. The van der Waals surface area contributed by atoms with Crippen LogP contribution in [0.4, 0.5) is 11.4 Å². The minimum absolute atomic E-state index is 0.112. The van der Waals surface area contributed by atoms with Gasteiger partial charge in [0.15, 0.2) is 0 Å². The number of nitrogens with one attached hydrogen (secondary N) is 1. The smallest absolute Gasteiger partial charge is 0.261 e. The molecule has 1 amide bonds. The first kappa shape index (κ1) is 11.2. The fraction of sp³-hybridized carbons (Fsp3) is 0.167. The van der Waals surface area contributed by atoms with Crippen LogP contribution in [0.15, 0.2) is 36.7 Å². The number of carbonyl (C=O) groups excluding carboxylic acids is 1. The quantitative estimate of drug-likeness (QED) is 0.787. The molecule has 0 bridgehead atoms. The number of benzene rings is 1. The van der Waals surface area contributed by atoms with Crippen LogP contribution < -0.4 is 10.6 Å². The molecule has 3 N–H and O–H groups in total. The molecule has 0 aliphatic carbocycles. The van der Waals surface area contributed by atoms with E-state index in [9.17, 15) is 4.79 Å². The van der Waals surface area contributed by atoms with Crippen molar-refractivity contribution >= 4 is 17.3 Å². The first-order chi connectivity index (χ1) is 8.24. The number of H-pyrrole nitrogens is 1. The summed E-state index contributed by atoms with van der Waals surface area (Å²) in [7, 11) is 0. The molecule has 0 saturated carbocycles. The van der Waals surface area contributed by atoms with Crippen LogP contribution in [0, 0.1) is 0 Å². The van der Waals surface area contributed by atoms with Crippen molar-refractivity contribution in [2.24, 2.45) is 0 Å². The normalized spacial score (nSPS) is 10.2. The third-order valence-corrected chi connectivity index (χ3v) is 2.53. The van der Waals surface area contributed by atoms with Crippen LogP contribution in [0.5, 0.6) is 0 Å². The Morgan fingerprint density at radius 1 is 1.47 bits per heavy atom. The van der Waals surface area contributed by atoms with Crippen molar-refractivity contribution in [2.45, 2.75) is 6.92 Å². The van der Waals surface area contributed by atoms with Gasteiger partial charge in [0.25, 0.3) is 5.91 Å². The first-order valence-corrected chi connectivity index (χ1v) is 5.39. The average Bonchev–Trinajstić information content (AvgIpc) is 2.86. The molecule has 1 heterocycles. The van der Waals surface area contributed by atoms with Crippen molar-refractivity contribution in [2.75, 3.05) is 17.2 Å². The Balaban J connectivity index is 2.35. The minimum Gasteiger partial charge on any atom is -0.397 e. The topological polar surface area (TPSA) is 75.0 Å². The van der Waals surface area contributed by atoms with Crippen LogP contribution >= 0.6 is 0 Å². The number of aromatic nitrogens is 2. The summed E-state index contributed by atoms with van der Waals surface area (Å²) in [4.78, 5) is 13.8. The van der Waals surface area contributed by atoms with Crippen molar-refractivity contribution in [3.05, 3.63) is 42.2 Å². The monoisotopic (exact) mass is 230 g/mol. The van der Waals surface area contributed by atoms with E-state index in [-0.39, 0.29) is 5.91 Å². The number of amides is 1. The van der Waals surface area contributed by atoms with Gasteiger partial charge >= 0.3 is 0 Å². The summed E-state index contributed by atoms with van der Waals surface area (Å²) in [5.41, 5.74) is 7.71. The first-order valence-electron chi connectivity index (χ1n) is 5.39. The third-order valence-electron chi connectivity index (χ3n) is 2.53. The largest absolute Gasteiger partial charge is 0.397 e. The summed E-state index contributed by atoms with van der Waals surface area (Å²) in [6.45, 7) is 2.46. The zero-order chi connectivity index (χ0) is 12.3. The van der Waals surface area contributed by atoms with Crippen LogP contribution in [0.1, 0.15) is 17.3 Å². The van der Waals surface area contributed by atoms with Gasteiger partial charge in [-0.15, -0.1) is 0 Å². The second kappa shape index (κ2) is 4.69. The number of hydrogen-bond acceptors (Lipinski definition) is 3. The molecule has 2 aromatic rings. The predicted molar refractivity (Wildman–Crippen MR) is 66.8 cm³/mol. The molecule has 5 heteroatoms. The fourth-order valence-corrected chi connectivity index (χ4v) is 1.68. The number of nitrogen functional groups attached to an aromatic ring is 1. The van der Waals surface area contributed by atoms with Crippen molar-refractivity contribution in [3.63, 3.8) is 0 Å². The second-order valence-electron chi connectivity index (χ2n) is 3.60. The van der Waals surface area contributed by atoms with Crippen molar-refractivity contribution in [1.82, 2.24) is 10.2 Å². The van der Waals surface area contributed by atoms with Gasteiger partial charge in [0.05, 0.1) is 23.1 Å². The highest BCUT2D eigenvalue weighted by molar-refractivity contribution is 6.07. The van der Waals surface area contributed by atoms with Gasteiger partial charge in [0, 0.05) is 12.7 Å². The van der Waals surface area contributed by atoms with Gasteiger partial charge in [-0.2, -0.15) is 5.10 Å². The van der Waals surface area contributed by atoms with E-state index in [2.05, 4.69) is 10.2 Å². The van der Waals surface area contributed by atoms with Gasteiger partial charge in [-0.3, -0.25) is 9.89 Å². The maximum absolute atomic E-state index is 12.2. The highest BCUT2D eigenvalue weighted by Crippen LogP contribution is 2.23. The Bertz CT molecular complexity index is 507. The molecule has 1 aromatic carbocycles. The zero-order valence-corrected chi connectivity index (χ0v) is 9.55. The summed E-state index contributed by atoms with van der Waals surface area (Å²) in [6.07, 6.45) is 3.08. The van der Waals surface area contributed by atoms with E-state index < -0.39 is 0 Å². The standard InChI is InChI=1S/C12H14N4O/c1-2-16(11-6-4-3-5-10(11)13)12(17)9-7-14-15-8-9/h3-8H,2,13H2,1H3,(H,14,15). The lowest BCUT2D eigenvalue weighted by Gasteiger charge is -2.21. The summed E-state index contributed by atoms with van der Waals surface area (Å²) in [5, 5.41) is 6.40. The Morgan fingerprint density at radius 2 is 2.24 bits per heavy atom. The van der Waals surface area contributed by atoms with Crippen LogP contribution in [0.2, 0.25) is 0 Å². The van der Waals surface area contributed by atoms with Gasteiger partial charge in [0.2, 0.25) is 0 Å². The molecule has 88 valence electrons. The lowest BCUT2D eigenvalue weighted by atomic mass is 10.2. The Kier molecular flexibility index (Phi) is 3.09. The molecule has 0 unspecified atom stereocenters. The minimum atomic E-state index is -0.112. The molecule has 0 fully saturated rings. The molecular weight excluding hydrogens is 216 g/mol. The van der Waals surface area contributed by atoms with Gasteiger partial charge in [-0.05, 0) is 19.1 Å². The highest BCUT2D eigenvalue weighted by Gasteiger charge is 2.18. The SMILES string of the molecule is CCN(C(=O)c1cn[nH]c1)c1ccccc1N. The molecule has 5 nitrogen and oxygen atoms in total. The number of aromatic amines is 1.